The van der Waals surface area contributed by atoms with Gasteiger partial charge in [-0.25, -0.2) is 0 Å². The number of rotatable bonds is 22. The van der Waals surface area contributed by atoms with Gasteiger partial charge in [0, 0.05) is 31.5 Å². The van der Waals surface area contributed by atoms with Crippen molar-refractivity contribution in [2.24, 2.45) is 0 Å². The number of anilines is 1. The van der Waals surface area contributed by atoms with Gasteiger partial charge in [0.05, 0.1) is 52.5 Å². The molecule has 0 saturated carbocycles. The quantitative estimate of drug-likeness (QED) is 0.153. The van der Waals surface area contributed by atoms with Crippen molar-refractivity contribution in [1.29, 1.82) is 0 Å². The largest absolute Gasteiger partial charge is 0.481 e. The fourth-order valence-corrected chi connectivity index (χ4v) is 3.09. The minimum Gasteiger partial charge on any atom is -0.481 e. The summed E-state index contributed by atoms with van der Waals surface area (Å²) in [4.78, 5) is 56.9. The molecule has 1 aromatic carbocycles. The van der Waals surface area contributed by atoms with E-state index in [1.807, 2.05) is 12.1 Å². The predicted molar refractivity (Wildman–Crippen MR) is 135 cm³/mol. The lowest BCUT2D eigenvalue weighted by atomic mass is 10.0. The minimum absolute atomic E-state index is 0.0337. The molecule has 0 heterocycles. The van der Waals surface area contributed by atoms with Crippen LogP contribution in [0.2, 0.25) is 0 Å². The van der Waals surface area contributed by atoms with Crippen molar-refractivity contribution >= 4 is 35.0 Å². The molecule has 1 aromatic rings. The van der Waals surface area contributed by atoms with Crippen LogP contribution in [0.1, 0.15) is 51.0 Å². The molecule has 2 amide bonds. The first-order valence-corrected chi connectivity index (χ1v) is 12.4. The Morgan fingerprint density at radius 1 is 0.757 bits per heavy atom. The second-order valence-electron chi connectivity index (χ2n) is 8.35. The summed E-state index contributed by atoms with van der Waals surface area (Å²) in [6, 6.07) is 7.18. The summed E-state index contributed by atoms with van der Waals surface area (Å²) in [5.41, 5.74) is 1.59. The van der Waals surface area contributed by atoms with Crippen LogP contribution in [0.25, 0.3) is 0 Å². The van der Waals surface area contributed by atoms with Gasteiger partial charge in [0.1, 0.15) is 11.6 Å². The normalized spacial score (nSPS) is 10.6. The highest BCUT2D eigenvalue weighted by molar-refractivity contribution is 5.98. The third-order valence-electron chi connectivity index (χ3n) is 4.96. The van der Waals surface area contributed by atoms with E-state index in [4.69, 9.17) is 19.3 Å². The first-order valence-electron chi connectivity index (χ1n) is 12.4. The van der Waals surface area contributed by atoms with Crippen molar-refractivity contribution in [3.8, 4) is 0 Å². The van der Waals surface area contributed by atoms with Crippen LogP contribution in [-0.4, -0.2) is 80.6 Å². The van der Waals surface area contributed by atoms with Gasteiger partial charge >= 0.3 is 5.97 Å². The Balaban J connectivity index is 2.01. The van der Waals surface area contributed by atoms with Crippen LogP contribution in [0.5, 0.6) is 0 Å². The zero-order valence-corrected chi connectivity index (χ0v) is 21.4. The van der Waals surface area contributed by atoms with Crippen LogP contribution >= 0.6 is 0 Å². The van der Waals surface area contributed by atoms with Gasteiger partial charge < -0.3 is 30.0 Å². The third-order valence-corrected chi connectivity index (χ3v) is 4.96. The number of aliphatic carboxylic acids is 1. The van der Waals surface area contributed by atoms with Gasteiger partial charge in [0.2, 0.25) is 11.8 Å². The van der Waals surface area contributed by atoms with E-state index >= 15 is 0 Å². The van der Waals surface area contributed by atoms with Crippen LogP contribution in [0.3, 0.4) is 0 Å². The molecule has 0 aliphatic carbocycles. The SMILES string of the molecule is CC(=O)CC(=O)CCc1ccc(NC(=O)CCCC(=O)NCCOCCOCCOCCC(=O)O)cc1. The minimum atomic E-state index is -0.902. The smallest absolute Gasteiger partial charge is 0.305 e. The average Bonchev–Trinajstić information content (AvgIpc) is 2.83. The molecule has 0 unspecified atom stereocenters. The highest BCUT2D eigenvalue weighted by Crippen LogP contribution is 2.12. The van der Waals surface area contributed by atoms with Gasteiger partial charge in [-0.05, 0) is 37.5 Å². The molecule has 1 rings (SSSR count). The van der Waals surface area contributed by atoms with E-state index in [1.54, 1.807) is 12.1 Å². The summed E-state index contributed by atoms with van der Waals surface area (Å²) in [7, 11) is 0. The number of Topliss-reactive ketones (excluding diaryl/α,β-unsaturated/α-hetero) is 2. The standard InChI is InChI=1S/C26H38N2O9/c1-20(29)19-23(30)10-7-21-5-8-22(9-6-21)28-25(32)4-2-3-24(31)27-12-14-36-16-18-37-17-15-35-13-11-26(33)34/h5-6,8-9H,2-4,7,10-19H2,1H3,(H,27,31)(H,28,32)(H,33,34). The van der Waals surface area contributed by atoms with Crippen molar-refractivity contribution in [2.45, 2.75) is 51.9 Å². The van der Waals surface area contributed by atoms with Crippen LogP contribution < -0.4 is 10.6 Å². The van der Waals surface area contributed by atoms with E-state index in [1.165, 1.54) is 6.92 Å². The molecule has 37 heavy (non-hydrogen) atoms. The second-order valence-corrected chi connectivity index (χ2v) is 8.35. The van der Waals surface area contributed by atoms with Gasteiger partial charge in [0.15, 0.2) is 0 Å². The van der Waals surface area contributed by atoms with Crippen molar-refractivity contribution in [3.63, 3.8) is 0 Å². The Bertz CT molecular complexity index is 856. The van der Waals surface area contributed by atoms with Gasteiger partial charge in [-0.15, -0.1) is 0 Å². The molecule has 0 aliphatic heterocycles. The number of hydrogen-bond donors (Lipinski definition) is 3. The zero-order chi connectivity index (χ0) is 27.3. The highest BCUT2D eigenvalue weighted by Gasteiger charge is 2.08. The number of aryl methyl sites for hydroxylation is 1. The highest BCUT2D eigenvalue weighted by atomic mass is 16.5. The molecule has 0 atom stereocenters. The predicted octanol–water partition coefficient (Wildman–Crippen LogP) is 1.92. The van der Waals surface area contributed by atoms with E-state index in [9.17, 15) is 24.0 Å². The second kappa shape index (κ2) is 20.0. The molecule has 0 fully saturated rings. The Hall–Kier alpha value is -3.15. The molecule has 206 valence electrons. The molecule has 11 heteroatoms. The van der Waals surface area contributed by atoms with Crippen LogP contribution in [0, 0.1) is 0 Å². The Kier molecular flexibility index (Phi) is 17.2. The number of amides is 2. The Morgan fingerprint density at radius 3 is 1.97 bits per heavy atom. The number of hydrogen-bond acceptors (Lipinski definition) is 8. The fourth-order valence-electron chi connectivity index (χ4n) is 3.09. The number of carbonyl (C=O) groups excluding carboxylic acids is 4. The van der Waals surface area contributed by atoms with E-state index in [-0.39, 0.29) is 55.7 Å². The van der Waals surface area contributed by atoms with Gasteiger partial charge in [-0.2, -0.15) is 0 Å². The van der Waals surface area contributed by atoms with E-state index in [0.717, 1.165) is 5.56 Å². The average molecular weight is 523 g/mol. The maximum Gasteiger partial charge on any atom is 0.305 e. The number of carboxylic acids is 1. The molecule has 0 spiro atoms. The lowest BCUT2D eigenvalue weighted by Crippen LogP contribution is -2.27. The van der Waals surface area contributed by atoms with Gasteiger partial charge in [-0.3, -0.25) is 24.0 Å². The molecule has 0 aromatic heterocycles. The molecule has 0 aliphatic rings. The van der Waals surface area contributed by atoms with Crippen molar-refractivity contribution in [3.05, 3.63) is 29.8 Å². The lowest BCUT2D eigenvalue weighted by molar-refractivity contribution is -0.138. The van der Waals surface area contributed by atoms with Crippen LogP contribution in [-0.2, 0) is 44.6 Å². The van der Waals surface area contributed by atoms with Crippen molar-refractivity contribution in [1.82, 2.24) is 5.32 Å². The molecule has 3 N–H and O–H groups in total. The Labute approximate surface area is 217 Å². The monoisotopic (exact) mass is 522 g/mol. The van der Waals surface area contributed by atoms with Crippen molar-refractivity contribution < 1.29 is 43.3 Å². The number of benzene rings is 1. The first kappa shape index (κ1) is 31.9. The molecule has 0 bridgehead atoms. The molecule has 0 radical (unpaired) electrons. The summed E-state index contributed by atoms with van der Waals surface area (Å²) in [5, 5.41) is 14.0. The number of ether oxygens (including phenoxy) is 3. The summed E-state index contributed by atoms with van der Waals surface area (Å²) >= 11 is 0. The van der Waals surface area contributed by atoms with Gasteiger partial charge in [-0.1, -0.05) is 12.1 Å². The maximum absolute atomic E-state index is 12.1. The number of carbonyl (C=O) groups is 5. The summed E-state index contributed by atoms with van der Waals surface area (Å²) in [5.74, 6) is -1.46. The van der Waals surface area contributed by atoms with Crippen molar-refractivity contribution in [2.75, 3.05) is 51.5 Å². The third kappa shape index (κ3) is 18.7. The van der Waals surface area contributed by atoms with E-state index < -0.39 is 5.97 Å². The Morgan fingerprint density at radius 2 is 1.35 bits per heavy atom. The fraction of sp³-hybridized carbons (Fsp3) is 0.577. The number of ketones is 2. The molecular weight excluding hydrogens is 484 g/mol. The van der Waals surface area contributed by atoms with E-state index in [0.29, 0.717) is 64.5 Å². The topological polar surface area (TPSA) is 157 Å². The summed E-state index contributed by atoms with van der Waals surface area (Å²) < 4.78 is 15.7. The van der Waals surface area contributed by atoms with E-state index in [2.05, 4.69) is 10.6 Å². The maximum atomic E-state index is 12.1. The summed E-state index contributed by atoms with van der Waals surface area (Å²) in [6.07, 6.45) is 1.63. The van der Waals surface area contributed by atoms with Crippen LogP contribution in [0.15, 0.2) is 24.3 Å². The number of carboxylic acid groups (broad SMARTS) is 1. The molecule has 11 nitrogen and oxygen atoms in total. The van der Waals surface area contributed by atoms with Gasteiger partial charge in [0.25, 0.3) is 0 Å². The number of nitrogens with one attached hydrogen (secondary N) is 2. The first-order chi connectivity index (χ1) is 17.8. The summed E-state index contributed by atoms with van der Waals surface area (Å²) in [6.45, 7) is 3.66. The zero-order valence-electron chi connectivity index (χ0n) is 21.4. The molecular formula is C26H38N2O9. The van der Waals surface area contributed by atoms with Crippen LogP contribution in [0.4, 0.5) is 5.69 Å². The lowest BCUT2D eigenvalue weighted by Gasteiger charge is -2.08. The molecule has 0 saturated heterocycles.